The standard InChI is InChI=1S/C17H23N3O/c1-18-14-7-9-17(10-8-14)21-13-15-11-12-20(19-15)16-5-3-2-4-6-16/h7-12,16,18H,2-6,13H2,1H3. The Labute approximate surface area is 126 Å². The molecule has 1 aliphatic rings. The molecule has 21 heavy (non-hydrogen) atoms. The first-order valence-corrected chi connectivity index (χ1v) is 7.80. The summed E-state index contributed by atoms with van der Waals surface area (Å²) in [6.45, 7) is 0.526. The van der Waals surface area contributed by atoms with Crippen molar-refractivity contribution in [3.63, 3.8) is 0 Å². The van der Waals surface area contributed by atoms with Crippen molar-refractivity contribution >= 4 is 5.69 Å². The number of benzene rings is 1. The lowest BCUT2D eigenvalue weighted by Gasteiger charge is -2.21. The summed E-state index contributed by atoms with van der Waals surface area (Å²) >= 11 is 0. The van der Waals surface area contributed by atoms with Gasteiger partial charge in [0.05, 0.1) is 11.7 Å². The van der Waals surface area contributed by atoms with E-state index in [1.165, 1.54) is 32.1 Å². The van der Waals surface area contributed by atoms with Crippen LogP contribution in [0.25, 0.3) is 0 Å². The van der Waals surface area contributed by atoms with E-state index in [-0.39, 0.29) is 0 Å². The van der Waals surface area contributed by atoms with Crippen molar-refractivity contribution in [2.75, 3.05) is 12.4 Å². The lowest BCUT2D eigenvalue weighted by Crippen LogP contribution is -2.13. The molecule has 0 aliphatic heterocycles. The molecule has 1 saturated carbocycles. The van der Waals surface area contributed by atoms with Crippen molar-refractivity contribution < 1.29 is 4.74 Å². The summed E-state index contributed by atoms with van der Waals surface area (Å²) in [6.07, 6.45) is 8.64. The van der Waals surface area contributed by atoms with E-state index in [0.717, 1.165) is 17.1 Å². The minimum atomic E-state index is 0.526. The molecule has 4 heteroatoms. The fourth-order valence-electron chi connectivity index (χ4n) is 2.88. The minimum absolute atomic E-state index is 0.526. The monoisotopic (exact) mass is 285 g/mol. The van der Waals surface area contributed by atoms with Gasteiger partial charge in [-0.1, -0.05) is 19.3 Å². The van der Waals surface area contributed by atoms with Crippen molar-refractivity contribution in [1.29, 1.82) is 0 Å². The third kappa shape index (κ3) is 3.57. The Morgan fingerprint density at radius 1 is 1.14 bits per heavy atom. The Morgan fingerprint density at radius 2 is 1.90 bits per heavy atom. The highest BCUT2D eigenvalue weighted by molar-refractivity contribution is 5.45. The van der Waals surface area contributed by atoms with Crippen LogP contribution < -0.4 is 10.1 Å². The largest absolute Gasteiger partial charge is 0.487 e. The van der Waals surface area contributed by atoms with E-state index in [9.17, 15) is 0 Å². The molecular formula is C17H23N3O. The fourth-order valence-corrected chi connectivity index (χ4v) is 2.88. The van der Waals surface area contributed by atoms with Gasteiger partial charge in [0.2, 0.25) is 0 Å². The van der Waals surface area contributed by atoms with Crippen molar-refractivity contribution in [3.05, 3.63) is 42.2 Å². The molecule has 1 heterocycles. The van der Waals surface area contributed by atoms with Crippen LogP contribution in [0.15, 0.2) is 36.5 Å². The first kappa shape index (κ1) is 14.0. The highest BCUT2D eigenvalue weighted by Crippen LogP contribution is 2.27. The van der Waals surface area contributed by atoms with Gasteiger partial charge < -0.3 is 10.1 Å². The maximum absolute atomic E-state index is 5.79. The average molecular weight is 285 g/mol. The van der Waals surface area contributed by atoms with E-state index in [1.54, 1.807) is 0 Å². The molecule has 3 rings (SSSR count). The molecule has 1 N–H and O–H groups in total. The lowest BCUT2D eigenvalue weighted by molar-refractivity contribution is 0.291. The first-order valence-electron chi connectivity index (χ1n) is 7.80. The van der Waals surface area contributed by atoms with Crippen LogP contribution >= 0.6 is 0 Å². The van der Waals surface area contributed by atoms with Gasteiger partial charge in [-0.05, 0) is 43.2 Å². The molecule has 0 amide bonds. The number of nitrogens with zero attached hydrogens (tertiary/aromatic N) is 2. The van der Waals surface area contributed by atoms with Crippen LogP contribution in [-0.2, 0) is 6.61 Å². The lowest BCUT2D eigenvalue weighted by atomic mass is 9.96. The average Bonchev–Trinajstić information content (AvgIpc) is 3.03. The summed E-state index contributed by atoms with van der Waals surface area (Å²) in [4.78, 5) is 0. The summed E-state index contributed by atoms with van der Waals surface area (Å²) in [7, 11) is 1.91. The molecule has 0 saturated heterocycles. The number of anilines is 1. The van der Waals surface area contributed by atoms with Gasteiger partial charge in [0.1, 0.15) is 12.4 Å². The van der Waals surface area contributed by atoms with E-state index in [0.29, 0.717) is 12.6 Å². The molecular weight excluding hydrogens is 262 g/mol. The number of hydrogen-bond donors (Lipinski definition) is 1. The summed E-state index contributed by atoms with van der Waals surface area (Å²) in [5.74, 6) is 0.876. The molecule has 0 spiro atoms. The molecule has 0 unspecified atom stereocenters. The van der Waals surface area contributed by atoms with Crippen LogP contribution in [-0.4, -0.2) is 16.8 Å². The molecule has 1 aromatic heterocycles. The highest BCUT2D eigenvalue weighted by atomic mass is 16.5. The number of hydrogen-bond acceptors (Lipinski definition) is 3. The maximum atomic E-state index is 5.79. The zero-order valence-corrected chi connectivity index (χ0v) is 12.6. The van der Waals surface area contributed by atoms with Gasteiger partial charge >= 0.3 is 0 Å². The quantitative estimate of drug-likeness (QED) is 0.902. The zero-order chi connectivity index (χ0) is 14.5. The second kappa shape index (κ2) is 6.66. The maximum Gasteiger partial charge on any atom is 0.132 e. The number of rotatable bonds is 5. The topological polar surface area (TPSA) is 39.1 Å². The van der Waals surface area contributed by atoms with Gasteiger partial charge in [-0.3, -0.25) is 4.68 Å². The molecule has 1 aliphatic carbocycles. The summed E-state index contributed by atoms with van der Waals surface area (Å²) in [5, 5.41) is 7.76. The molecule has 1 aromatic carbocycles. The van der Waals surface area contributed by atoms with Gasteiger partial charge in [-0.2, -0.15) is 5.10 Å². The Bertz CT molecular complexity index is 556. The molecule has 112 valence electrons. The predicted molar refractivity (Wildman–Crippen MR) is 84.7 cm³/mol. The Morgan fingerprint density at radius 3 is 2.62 bits per heavy atom. The SMILES string of the molecule is CNc1ccc(OCc2ccn(C3CCCCC3)n2)cc1. The van der Waals surface area contributed by atoms with Gasteiger partial charge in [0, 0.05) is 18.9 Å². The molecule has 0 radical (unpaired) electrons. The van der Waals surface area contributed by atoms with Crippen LogP contribution in [0.2, 0.25) is 0 Å². The summed E-state index contributed by atoms with van der Waals surface area (Å²) in [5.41, 5.74) is 2.09. The Kier molecular flexibility index (Phi) is 4.43. The van der Waals surface area contributed by atoms with Gasteiger partial charge in [0.15, 0.2) is 0 Å². The number of aromatic nitrogens is 2. The summed E-state index contributed by atoms with van der Waals surface area (Å²) < 4.78 is 7.92. The van der Waals surface area contributed by atoms with Crippen LogP contribution in [0.3, 0.4) is 0 Å². The third-order valence-corrected chi connectivity index (χ3v) is 4.14. The molecule has 0 atom stereocenters. The van der Waals surface area contributed by atoms with E-state index < -0.39 is 0 Å². The van der Waals surface area contributed by atoms with Crippen molar-refractivity contribution in [2.45, 2.75) is 44.8 Å². The van der Waals surface area contributed by atoms with Crippen LogP contribution in [0.4, 0.5) is 5.69 Å². The first-order chi connectivity index (χ1) is 10.3. The van der Waals surface area contributed by atoms with E-state index >= 15 is 0 Å². The minimum Gasteiger partial charge on any atom is -0.487 e. The Hall–Kier alpha value is -1.97. The van der Waals surface area contributed by atoms with E-state index in [1.807, 2.05) is 31.3 Å². The summed E-state index contributed by atoms with van der Waals surface area (Å²) in [6, 6.07) is 10.6. The van der Waals surface area contributed by atoms with Crippen molar-refractivity contribution in [3.8, 4) is 5.75 Å². The Balaban J connectivity index is 1.56. The van der Waals surface area contributed by atoms with E-state index in [4.69, 9.17) is 4.74 Å². The molecule has 2 aromatic rings. The van der Waals surface area contributed by atoms with Crippen LogP contribution in [0, 0.1) is 0 Å². The van der Waals surface area contributed by atoms with Crippen molar-refractivity contribution in [1.82, 2.24) is 9.78 Å². The molecule has 1 fully saturated rings. The zero-order valence-electron chi connectivity index (χ0n) is 12.6. The number of nitrogens with one attached hydrogen (secondary N) is 1. The van der Waals surface area contributed by atoms with Gasteiger partial charge in [0.25, 0.3) is 0 Å². The smallest absolute Gasteiger partial charge is 0.132 e. The van der Waals surface area contributed by atoms with Gasteiger partial charge in [-0.15, -0.1) is 0 Å². The van der Waals surface area contributed by atoms with E-state index in [2.05, 4.69) is 27.4 Å². The number of ether oxygens (including phenoxy) is 1. The van der Waals surface area contributed by atoms with Gasteiger partial charge in [-0.25, -0.2) is 0 Å². The second-order valence-corrected chi connectivity index (χ2v) is 5.64. The van der Waals surface area contributed by atoms with Crippen molar-refractivity contribution in [2.24, 2.45) is 0 Å². The molecule has 4 nitrogen and oxygen atoms in total. The predicted octanol–water partition coefficient (Wildman–Crippen LogP) is 4.01. The fraction of sp³-hybridized carbons (Fsp3) is 0.471. The second-order valence-electron chi connectivity index (χ2n) is 5.64. The third-order valence-electron chi connectivity index (χ3n) is 4.14. The van der Waals surface area contributed by atoms with Crippen LogP contribution in [0.1, 0.15) is 43.8 Å². The normalized spacial score (nSPS) is 15.9. The van der Waals surface area contributed by atoms with Crippen LogP contribution in [0.5, 0.6) is 5.75 Å². The highest BCUT2D eigenvalue weighted by Gasteiger charge is 2.15. The molecule has 0 bridgehead atoms.